The van der Waals surface area contributed by atoms with Gasteiger partial charge in [0.1, 0.15) is 11.8 Å². The summed E-state index contributed by atoms with van der Waals surface area (Å²) in [5.41, 5.74) is 0.310. The number of anilines is 1. The lowest BCUT2D eigenvalue weighted by Crippen LogP contribution is -2.23. The van der Waals surface area contributed by atoms with Crippen LogP contribution in [0.15, 0.2) is 12.3 Å². The molecule has 0 saturated carbocycles. The van der Waals surface area contributed by atoms with E-state index in [1.54, 1.807) is 0 Å². The van der Waals surface area contributed by atoms with Crippen LogP contribution in [0, 0.1) is 11.3 Å². The summed E-state index contributed by atoms with van der Waals surface area (Å²) in [5.74, 6) is 0.402. The first-order chi connectivity index (χ1) is 7.28. The van der Waals surface area contributed by atoms with Crippen molar-refractivity contribution in [2.45, 2.75) is 12.5 Å². The predicted octanol–water partition coefficient (Wildman–Crippen LogP) is -0.351. The van der Waals surface area contributed by atoms with Crippen molar-refractivity contribution in [3.63, 3.8) is 0 Å². The van der Waals surface area contributed by atoms with Crippen molar-refractivity contribution in [1.82, 2.24) is 15.3 Å². The van der Waals surface area contributed by atoms with Gasteiger partial charge in [0, 0.05) is 19.2 Å². The molecule has 2 heterocycles. The fraction of sp³-hybridized carbons (Fsp3) is 0.333. The van der Waals surface area contributed by atoms with Gasteiger partial charge in [0.05, 0.1) is 6.04 Å². The first-order valence-corrected chi connectivity index (χ1v) is 4.54. The van der Waals surface area contributed by atoms with Crippen molar-refractivity contribution >= 4 is 11.9 Å². The number of rotatable bonds is 2. The standard InChI is InChI=1S/C9H9N5O/c10-4-6-1-2-11-9(13-6)14-7-3-8(15)12-5-7/h1-2,7H,3,5H2,(H,12,15)(H,11,13,14). The van der Waals surface area contributed by atoms with E-state index in [0.29, 0.717) is 24.6 Å². The molecule has 0 bridgehead atoms. The first kappa shape index (κ1) is 9.40. The Morgan fingerprint density at radius 2 is 2.53 bits per heavy atom. The molecule has 0 aliphatic carbocycles. The summed E-state index contributed by atoms with van der Waals surface area (Å²) in [4.78, 5) is 18.8. The lowest BCUT2D eigenvalue weighted by Gasteiger charge is -2.09. The molecule has 2 N–H and O–H groups in total. The van der Waals surface area contributed by atoms with E-state index in [1.165, 1.54) is 12.3 Å². The van der Waals surface area contributed by atoms with Gasteiger partial charge in [0.2, 0.25) is 11.9 Å². The molecule has 0 spiro atoms. The number of carbonyl (C=O) groups excluding carboxylic acids is 1. The molecule has 76 valence electrons. The van der Waals surface area contributed by atoms with Crippen LogP contribution in [0.5, 0.6) is 0 Å². The number of hydrogen-bond acceptors (Lipinski definition) is 5. The summed E-state index contributed by atoms with van der Waals surface area (Å²) < 4.78 is 0. The van der Waals surface area contributed by atoms with Gasteiger partial charge in [-0.05, 0) is 6.07 Å². The second-order valence-electron chi connectivity index (χ2n) is 3.23. The smallest absolute Gasteiger partial charge is 0.224 e. The van der Waals surface area contributed by atoms with E-state index < -0.39 is 0 Å². The second-order valence-corrected chi connectivity index (χ2v) is 3.23. The highest BCUT2D eigenvalue weighted by Crippen LogP contribution is 2.07. The van der Waals surface area contributed by atoms with Crippen molar-refractivity contribution in [3.05, 3.63) is 18.0 Å². The largest absolute Gasteiger partial charge is 0.354 e. The number of amides is 1. The third-order valence-electron chi connectivity index (χ3n) is 2.08. The van der Waals surface area contributed by atoms with Crippen LogP contribution in [-0.2, 0) is 4.79 Å². The molecule has 1 fully saturated rings. The van der Waals surface area contributed by atoms with Crippen molar-refractivity contribution in [1.29, 1.82) is 5.26 Å². The zero-order chi connectivity index (χ0) is 10.7. The zero-order valence-electron chi connectivity index (χ0n) is 7.90. The first-order valence-electron chi connectivity index (χ1n) is 4.54. The average molecular weight is 203 g/mol. The second kappa shape index (κ2) is 3.92. The maximum absolute atomic E-state index is 10.9. The SMILES string of the molecule is N#Cc1ccnc(NC2CNC(=O)C2)n1. The molecule has 1 aliphatic heterocycles. The van der Waals surface area contributed by atoms with Gasteiger partial charge >= 0.3 is 0 Å². The highest BCUT2D eigenvalue weighted by atomic mass is 16.1. The molecular weight excluding hydrogens is 194 g/mol. The van der Waals surface area contributed by atoms with Crippen LogP contribution in [0.3, 0.4) is 0 Å². The molecule has 1 amide bonds. The summed E-state index contributed by atoms with van der Waals surface area (Å²) in [6.45, 7) is 0.568. The summed E-state index contributed by atoms with van der Waals surface area (Å²) >= 11 is 0. The Bertz CT molecular complexity index is 425. The summed E-state index contributed by atoms with van der Waals surface area (Å²) in [6.07, 6.45) is 1.93. The Morgan fingerprint density at radius 3 is 3.20 bits per heavy atom. The molecule has 2 rings (SSSR count). The highest BCUT2D eigenvalue weighted by molar-refractivity contribution is 5.79. The third kappa shape index (κ3) is 2.20. The van der Waals surface area contributed by atoms with Gasteiger partial charge in [0.15, 0.2) is 0 Å². The van der Waals surface area contributed by atoms with E-state index in [-0.39, 0.29) is 11.9 Å². The van der Waals surface area contributed by atoms with Crippen LogP contribution in [-0.4, -0.2) is 28.5 Å². The van der Waals surface area contributed by atoms with E-state index in [4.69, 9.17) is 5.26 Å². The van der Waals surface area contributed by atoms with Gasteiger partial charge in [0.25, 0.3) is 0 Å². The van der Waals surface area contributed by atoms with E-state index >= 15 is 0 Å². The van der Waals surface area contributed by atoms with E-state index in [0.717, 1.165) is 0 Å². The quantitative estimate of drug-likeness (QED) is 0.685. The minimum absolute atomic E-state index is 0.00597. The van der Waals surface area contributed by atoms with E-state index in [9.17, 15) is 4.79 Å². The van der Waals surface area contributed by atoms with Crippen molar-refractivity contribution in [3.8, 4) is 6.07 Å². The van der Waals surface area contributed by atoms with E-state index in [2.05, 4.69) is 20.6 Å². The Balaban J connectivity index is 2.05. The number of nitrogens with zero attached hydrogens (tertiary/aromatic N) is 3. The monoisotopic (exact) mass is 203 g/mol. The topological polar surface area (TPSA) is 90.7 Å². The van der Waals surface area contributed by atoms with Gasteiger partial charge in [-0.15, -0.1) is 0 Å². The lowest BCUT2D eigenvalue weighted by molar-refractivity contribution is -0.119. The number of nitriles is 1. The van der Waals surface area contributed by atoms with Crippen LogP contribution < -0.4 is 10.6 Å². The Kier molecular flexibility index (Phi) is 2.46. The maximum Gasteiger partial charge on any atom is 0.224 e. The van der Waals surface area contributed by atoms with Gasteiger partial charge in [-0.25, -0.2) is 9.97 Å². The highest BCUT2D eigenvalue weighted by Gasteiger charge is 2.21. The van der Waals surface area contributed by atoms with E-state index in [1.807, 2.05) is 6.07 Å². The maximum atomic E-state index is 10.9. The van der Waals surface area contributed by atoms with Crippen molar-refractivity contribution in [2.75, 3.05) is 11.9 Å². The summed E-state index contributed by atoms with van der Waals surface area (Å²) in [6, 6.07) is 3.46. The Morgan fingerprint density at radius 1 is 1.67 bits per heavy atom. The normalized spacial score (nSPS) is 19.4. The third-order valence-corrected chi connectivity index (χ3v) is 2.08. The fourth-order valence-electron chi connectivity index (χ4n) is 1.38. The average Bonchev–Trinajstić information content (AvgIpc) is 2.64. The number of aromatic nitrogens is 2. The number of nitrogens with one attached hydrogen (secondary N) is 2. The molecular formula is C9H9N5O. The van der Waals surface area contributed by atoms with Gasteiger partial charge in [-0.1, -0.05) is 0 Å². The molecule has 15 heavy (non-hydrogen) atoms. The van der Waals surface area contributed by atoms with Crippen LogP contribution in [0.2, 0.25) is 0 Å². The van der Waals surface area contributed by atoms with Crippen molar-refractivity contribution < 1.29 is 4.79 Å². The molecule has 1 aliphatic rings. The molecule has 1 aromatic heterocycles. The van der Waals surface area contributed by atoms with Crippen LogP contribution >= 0.6 is 0 Å². The molecule has 6 heteroatoms. The zero-order valence-corrected chi connectivity index (χ0v) is 7.90. The Hall–Kier alpha value is -2.16. The van der Waals surface area contributed by atoms with Crippen LogP contribution in [0.25, 0.3) is 0 Å². The summed E-state index contributed by atoms with van der Waals surface area (Å²) in [5, 5.41) is 14.3. The van der Waals surface area contributed by atoms with Crippen molar-refractivity contribution in [2.24, 2.45) is 0 Å². The molecule has 1 aromatic rings. The lowest BCUT2D eigenvalue weighted by atomic mass is 10.2. The summed E-state index contributed by atoms with van der Waals surface area (Å²) in [7, 11) is 0. The fourth-order valence-corrected chi connectivity index (χ4v) is 1.38. The molecule has 6 nitrogen and oxygen atoms in total. The number of carbonyl (C=O) groups is 1. The van der Waals surface area contributed by atoms with Gasteiger partial charge in [-0.2, -0.15) is 5.26 Å². The van der Waals surface area contributed by atoms with Crippen LogP contribution in [0.4, 0.5) is 5.95 Å². The molecule has 0 aromatic carbocycles. The molecule has 1 atom stereocenters. The molecule has 1 saturated heterocycles. The van der Waals surface area contributed by atoms with Crippen LogP contribution in [0.1, 0.15) is 12.1 Å². The Labute approximate surface area is 86.3 Å². The minimum Gasteiger partial charge on any atom is -0.354 e. The van der Waals surface area contributed by atoms with Gasteiger partial charge in [-0.3, -0.25) is 4.79 Å². The predicted molar refractivity (Wildman–Crippen MR) is 51.8 cm³/mol. The minimum atomic E-state index is 0.00597. The molecule has 1 unspecified atom stereocenters. The molecule has 0 radical (unpaired) electrons. The van der Waals surface area contributed by atoms with Gasteiger partial charge < -0.3 is 10.6 Å². The number of hydrogen-bond donors (Lipinski definition) is 2.